The number of sulfonamides is 1. The Labute approximate surface area is 189 Å². The van der Waals surface area contributed by atoms with Gasteiger partial charge in [-0.25, -0.2) is 8.42 Å². The van der Waals surface area contributed by atoms with Gasteiger partial charge in [0.1, 0.15) is 5.00 Å². The Bertz CT molecular complexity index is 1150. The van der Waals surface area contributed by atoms with Crippen molar-refractivity contribution in [3.8, 4) is 0 Å². The molecule has 0 fully saturated rings. The van der Waals surface area contributed by atoms with Crippen molar-refractivity contribution in [1.29, 1.82) is 0 Å². The predicted molar refractivity (Wildman–Crippen MR) is 128 cm³/mol. The third kappa shape index (κ3) is 4.80. The number of hydrogen-bond acceptors (Lipinski definition) is 5. The van der Waals surface area contributed by atoms with Gasteiger partial charge in [-0.1, -0.05) is 43.7 Å². The SMILES string of the molecule is CCCCN(c1sc2ccccc2c1C(C)(C)O)S(=O)(=O)c1ccc(C(C)(C)O)cc1. The van der Waals surface area contributed by atoms with Crippen LogP contribution in [0, 0.1) is 0 Å². The Morgan fingerprint density at radius 1 is 0.935 bits per heavy atom. The first-order valence-electron chi connectivity index (χ1n) is 10.5. The van der Waals surface area contributed by atoms with Gasteiger partial charge in [-0.05, 0) is 57.9 Å². The summed E-state index contributed by atoms with van der Waals surface area (Å²) in [5.41, 5.74) is -0.991. The minimum Gasteiger partial charge on any atom is -0.386 e. The summed E-state index contributed by atoms with van der Waals surface area (Å²) in [7, 11) is -3.87. The van der Waals surface area contributed by atoms with E-state index in [0.717, 1.165) is 16.5 Å². The lowest BCUT2D eigenvalue weighted by molar-refractivity contribution is 0.0784. The average Bonchev–Trinajstić information content (AvgIpc) is 3.07. The van der Waals surface area contributed by atoms with Crippen LogP contribution in [0.15, 0.2) is 53.4 Å². The number of rotatable bonds is 8. The normalized spacial score (nSPS) is 13.0. The van der Waals surface area contributed by atoms with Crippen LogP contribution in [-0.2, 0) is 21.2 Å². The summed E-state index contributed by atoms with van der Waals surface area (Å²) in [4.78, 5) is 0.163. The van der Waals surface area contributed by atoms with Crippen molar-refractivity contribution in [2.75, 3.05) is 10.8 Å². The molecule has 0 saturated carbocycles. The molecule has 2 N–H and O–H groups in total. The summed E-state index contributed by atoms with van der Waals surface area (Å²) in [6, 6.07) is 14.1. The van der Waals surface area contributed by atoms with Crippen LogP contribution >= 0.6 is 11.3 Å². The molecule has 0 aliphatic carbocycles. The Balaban J connectivity index is 2.19. The van der Waals surface area contributed by atoms with E-state index in [0.29, 0.717) is 29.1 Å². The number of nitrogens with zero attached hydrogens (tertiary/aromatic N) is 1. The zero-order valence-electron chi connectivity index (χ0n) is 18.7. The lowest BCUT2D eigenvalue weighted by Crippen LogP contribution is -2.33. The predicted octanol–water partition coefficient (Wildman–Crippen LogP) is 5.35. The van der Waals surface area contributed by atoms with E-state index in [1.165, 1.54) is 15.6 Å². The van der Waals surface area contributed by atoms with Gasteiger partial charge in [0.2, 0.25) is 0 Å². The van der Waals surface area contributed by atoms with E-state index in [2.05, 4.69) is 0 Å². The van der Waals surface area contributed by atoms with Crippen LogP contribution in [0.2, 0.25) is 0 Å². The van der Waals surface area contributed by atoms with Gasteiger partial charge in [0.25, 0.3) is 10.0 Å². The van der Waals surface area contributed by atoms with Gasteiger partial charge in [0.15, 0.2) is 0 Å². The molecular formula is C24H31NO4S2. The Kier molecular flexibility index (Phi) is 6.54. The van der Waals surface area contributed by atoms with Crippen LogP contribution in [0.4, 0.5) is 5.00 Å². The highest BCUT2D eigenvalue weighted by Crippen LogP contribution is 2.45. The van der Waals surface area contributed by atoms with Crippen molar-refractivity contribution < 1.29 is 18.6 Å². The average molecular weight is 462 g/mol. The molecule has 0 aliphatic rings. The lowest BCUT2D eigenvalue weighted by Gasteiger charge is -2.28. The Hall–Kier alpha value is -1.93. The standard InChI is InChI=1S/C24H31NO4S2/c1-6-7-16-25(31(28,29)18-14-12-17(13-15-18)23(2,3)26)22-21(24(4,5)27)19-10-8-9-11-20(19)30-22/h8-15,26-27H,6-7,16H2,1-5H3. The van der Waals surface area contributed by atoms with E-state index < -0.39 is 21.2 Å². The van der Waals surface area contributed by atoms with Crippen molar-refractivity contribution in [1.82, 2.24) is 0 Å². The van der Waals surface area contributed by atoms with E-state index in [4.69, 9.17) is 0 Å². The highest BCUT2D eigenvalue weighted by atomic mass is 32.2. The molecule has 0 atom stereocenters. The fourth-order valence-corrected chi connectivity index (χ4v) is 6.70. The first-order valence-corrected chi connectivity index (χ1v) is 12.7. The van der Waals surface area contributed by atoms with Crippen LogP contribution < -0.4 is 4.31 Å². The molecule has 0 unspecified atom stereocenters. The van der Waals surface area contributed by atoms with Crippen LogP contribution in [0.25, 0.3) is 10.1 Å². The van der Waals surface area contributed by atoms with Gasteiger partial charge in [-0.15, -0.1) is 11.3 Å². The van der Waals surface area contributed by atoms with Crippen molar-refractivity contribution in [3.63, 3.8) is 0 Å². The van der Waals surface area contributed by atoms with Gasteiger partial charge < -0.3 is 10.2 Å². The Morgan fingerprint density at radius 2 is 1.55 bits per heavy atom. The minimum absolute atomic E-state index is 0.163. The smallest absolute Gasteiger partial charge is 0.264 e. The van der Waals surface area contributed by atoms with Crippen molar-refractivity contribution in [3.05, 3.63) is 59.7 Å². The van der Waals surface area contributed by atoms with Gasteiger partial charge in [-0.3, -0.25) is 4.31 Å². The lowest BCUT2D eigenvalue weighted by atomic mass is 9.97. The third-order valence-electron chi connectivity index (χ3n) is 5.28. The maximum absolute atomic E-state index is 13.7. The monoisotopic (exact) mass is 461 g/mol. The van der Waals surface area contributed by atoms with E-state index in [-0.39, 0.29) is 4.90 Å². The number of fused-ring (bicyclic) bond motifs is 1. The molecule has 2 aromatic carbocycles. The highest BCUT2D eigenvalue weighted by Gasteiger charge is 2.34. The first-order chi connectivity index (χ1) is 14.4. The molecule has 0 saturated heterocycles. The van der Waals surface area contributed by atoms with Crippen molar-refractivity contribution in [2.24, 2.45) is 0 Å². The minimum atomic E-state index is -3.87. The molecule has 5 nitrogen and oxygen atoms in total. The zero-order valence-corrected chi connectivity index (χ0v) is 20.3. The number of thiophene rings is 1. The second kappa shape index (κ2) is 8.54. The second-order valence-corrected chi connectivity index (χ2v) is 11.7. The summed E-state index contributed by atoms with van der Waals surface area (Å²) in [6.07, 6.45) is 1.53. The molecule has 3 aromatic rings. The summed E-state index contributed by atoms with van der Waals surface area (Å²) in [6.45, 7) is 9.04. The fourth-order valence-electron chi connectivity index (χ4n) is 3.59. The number of unbranched alkanes of at least 4 members (excludes halogenated alkanes) is 1. The van der Waals surface area contributed by atoms with E-state index >= 15 is 0 Å². The topological polar surface area (TPSA) is 77.8 Å². The van der Waals surface area contributed by atoms with Crippen LogP contribution in [0.3, 0.4) is 0 Å². The molecule has 0 aliphatic heterocycles. The quantitative estimate of drug-likeness (QED) is 0.474. The van der Waals surface area contributed by atoms with Crippen LogP contribution in [0.5, 0.6) is 0 Å². The third-order valence-corrected chi connectivity index (χ3v) is 8.40. The fraction of sp³-hybridized carbons (Fsp3) is 0.417. The maximum Gasteiger partial charge on any atom is 0.264 e. The van der Waals surface area contributed by atoms with E-state index in [9.17, 15) is 18.6 Å². The molecule has 168 valence electrons. The molecule has 3 rings (SSSR count). The summed E-state index contributed by atoms with van der Waals surface area (Å²) in [5.74, 6) is 0. The molecule has 1 aromatic heterocycles. The molecule has 7 heteroatoms. The largest absolute Gasteiger partial charge is 0.386 e. The molecule has 0 spiro atoms. The number of benzene rings is 2. The van der Waals surface area contributed by atoms with Gasteiger partial charge in [-0.2, -0.15) is 0 Å². The summed E-state index contributed by atoms with van der Waals surface area (Å²) < 4.78 is 29.9. The van der Waals surface area contributed by atoms with Gasteiger partial charge >= 0.3 is 0 Å². The zero-order chi connectivity index (χ0) is 23.0. The molecule has 0 radical (unpaired) electrons. The molecule has 1 heterocycles. The van der Waals surface area contributed by atoms with Gasteiger partial charge in [0, 0.05) is 22.2 Å². The molecule has 31 heavy (non-hydrogen) atoms. The van der Waals surface area contributed by atoms with Crippen LogP contribution in [-0.4, -0.2) is 25.2 Å². The molecule has 0 amide bonds. The summed E-state index contributed by atoms with van der Waals surface area (Å²) >= 11 is 1.39. The highest BCUT2D eigenvalue weighted by molar-refractivity contribution is 7.93. The van der Waals surface area contributed by atoms with Crippen molar-refractivity contribution in [2.45, 2.75) is 63.6 Å². The van der Waals surface area contributed by atoms with E-state index in [1.807, 2.05) is 31.2 Å². The first kappa shape index (κ1) is 23.7. The summed E-state index contributed by atoms with van der Waals surface area (Å²) in [5, 5.41) is 22.6. The van der Waals surface area contributed by atoms with Crippen LogP contribution in [0.1, 0.15) is 58.6 Å². The van der Waals surface area contributed by atoms with E-state index in [1.54, 1.807) is 52.0 Å². The molecular weight excluding hydrogens is 430 g/mol. The number of hydrogen-bond donors (Lipinski definition) is 2. The number of anilines is 1. The maximum atomic E-state index is 13.7. The Morgan fingerprint density at radius 3 is 2.10 bits per heavy atom. The molecule has 0 bridgehead atoms. The number of aliphatic hydroxyl groups is 2. The second-order valence-electron chi connectivity index (χ2n) is 8.85. The van der Waals surface area contributed by atoms with Crippen molar-refractivity contribution >= 4 is 36.4 Å². The van der Waals surface area contributed by atoms with Gasteiger partial charge in [0.05, 0.1) is 16.1 Å².